The largest absolute Gasteiger partial charge is 0.444 e. The number of benzene rings is 1. The number of anilines is 1. The number of amides is 1. The predicted molar refractivity (Wildman–Crippen MR) is 98.2 cm³/mol. The van der Waals surface area contributed by atoms with Gasteiger partial charge in [0.1, 0.15) is 6.26 Å². The van der Waals surface area contributed by atoms with E-state index >= 15 is 0 Å². The van der Waals surface area contributed by atoms with Gasteiger partial charge in [-0.1, -0.05) is 6.42 Å². The molecule has 6 heteroatoms. The average Bonchev–Trinajstić information content (AvgIpc) is 3.11. The van der Waals surface area contributed by atoms with E-state index < -0.39 is 0 Å². The minimum atomic E-state index is -0.197. The quantitative estimate of drug-likeness (QED) is 0.623. The second kappa shape index (κ2) is 8.16. The highest BCUT2D eigenvalue weighted by atomic mass is 16.3. The van der Waals surface area contributed by atoms with Crippen molar-refractivity contribution in [3.63, 3.8) is 0 Å². The summed E-state index contributed by atoms with van der Waals surface area (Å²) < 4.78 is 5.41. The molecule has 1 aliphatic rings. The van der Waals surface area contributed by atoms with E-state index in [0.717, 1.165) is 18.5 Å². The maximum absolute atomic E-state index is 12.2. The Morgan fingerprint density at radius 1 is 1.36 bits per heavy atom. The molecule has 1 aromatic carbocycles. The van der Waals surface area contributed by atoms with E-state index in [-0.39, 0.29) is 5.91 Å². The minimum Gasteiger partial charge on any atom is -0.444 e. The summed E-state index contributed by atoms with van der Waals surface area (Å²) in [7, 11) is 0. The van der Waals surface area contributed by atoms with E-state index in [9.17, 15) is 4.79 Å². The predicted octanol–water partition coefficient (Wildman–Crippen LogP) is 2.92. The highest BCUT2D eigenvalue weighted by molar-refractivity contribution is 5.92. The summed E-state index contributed by atoms with van der Waals surface area (Å²) in [5, 5.41) is 2.92. The van der Waals surface area contributed by atoms with Crippen LogP contribution in [0.15, 0.2) is 34.9 Å². The molecule has 1 atom stereocenters. The molecule has 1 saturated heterocycles. The summed E-state index contributed by atoms with van der Waals surface area (Å²) in [6, 6.07) is 7.86. The number of nitrogens with two attached hydrogens (primary N) is 1. The summed E-state index contributed by atoms with van der Waals surface area (Å²) in [6.45, 7) is 5.12. The minimum absolute atomic E-state index is 0.197. The molecule has 134 valence electrons. The lowest BCUT2D eigenvalue weighted by molar-refractivity contribution is 0.0944. The Kier molecular flexibility index (Phi) is 5.71. The van der Waals surface area contributed by atoms with Gasteiger partial charge in [0, 0.05) is 30.4 Å². The monoisotopic (exact) mass is 342 g/mol. The molecule has 1 unspecified atom stereocenters. The number of hydrogen-bond acceptors (Lipinski definition) is 5. The molecule has 1 amide bonds. The molecule has 3 rings (SSSR count). The van der Waals surface area contributed by atoms with Gasteiger partial charge in [0.2, 0.25) is 5.89 Å². The molecule has 2 aromatic rings. The van der Waals surface area contributed by atoms with Crippen molar-refractivity contribution in [3.8, 4) is 11.5 Å². The third-order valence-electron chi connectivity index (χ3n) is 4.74. The maximum atomic E-state index is 12.2. The molecule has 1 aliphatic heterocycles. The Balaban J connectivity index is 1.46. The van der Waals surface area contributed by atoms with Gasteiger partial charge < -0.3 is 20.4 Å². The Bertz CT molecular complexity index is 696. The van der Waals surface area contributed by atoms with Gasteiger partial charge in [-0.25, -0.2) is 4.98 Å². The zero-order chi connectivity index (χ0) is 17.6. The van der Waals surface area contributed by atoms with Crippen molar-refractivity contribution in [1.82, 2.24) is 15.2 Å². The fourth-order valence-electron chi connectivity index (χ4n) is 3.20. The van der Waals surface area contributed by atoms with Crippen molar-refractivity contribution < 1.29 is 9.21 Å². The van der Waals surface area contributed by atoms with Crippen LogP contribution in [0.3, 0.4) is 0 Å². The number of piperidine rings is 1. The van der Waals surface area contributed by atoms with Crippen molar-refractivity contribution in [2.24, 2.45) is 0 Å². The first-order valence-corrected chi connectivity index (χ1v) is 8.97. The molecule has 2 heterocycles. The summed E-state index contributed by atoms with van der Waals surface area (Å²) >= 11 is 0. The maximum Gasteiger partial charge on any atom is 0.273 e. The van der Waals surface area contributed by atoms with Gasteiger partial charge in [-0.2, -0.15) is 0 Å². The SMILES string of the molecule is CC1CCCCN1CCCNC(=O)c1coc(-c2ccc(N)cc2)n1. The van der Waals surface area contributed by atoms with Crippen LogP contribution in [0.1, 0.15) is 43.1 Å². The summed E-state index contributed by atoms with van der Waals surface area (Å²) in [6.07, 6.45) is 6.23. The first-order chi connectivity index (χ1) is 12.1. The smallest absolute Gasteiger partial charge is 0.273 e. The van der Waals surface area contributed by atoms with Crippen LogP contribution in [0.25, 0.3) is 11.5 Å². The number of rotatable bonds is 6. The van der Waals surface area contributed by atoms with Gasteiger partial charge >= 0.3 is 0 Å². The van der Waals surface area contributed by atoms with Crippen molar-refractivity contribution >= 4 is 11.6 Å². The molecule has 0 saturated carbocycles. The van der Waals surface area contributed by atoms with E-state index in [1.54, 1.807) is 12.1 Å². The Morgan fingerprint density at radius 2 is 2.16 bits per heavy atom. The second-order valence-electron chi connectivity index (χ2n) is 6.65. The van der Waals surface area contributed by atoms with Crippen molar-refractivity contribution in [2.75, 3.05) is 25.4 Å². The summed E-state index contributed by atoms with van der Waals surface area (Å²) in [4.78, 5) is 19.0. The fourth-order valence-corrected chi connectivity index (χ4v) is 3.20. The number of oxazole rings is 1. The molecule has 0 radical (unpaired) electrons. The zero-order valence-electron chi connectivity index (χ0n) is 14.7. The van der Waals surface area contributed by atoms with Gasteiger partial charge in [0.15, 0.2) is 5.69 Å². The van der Waals surface area contributed by atoms with Gasteiger partial charge in [0.05, 0.1) is 0 Å². The van der Waals surface area contributed by atoms with Crippen LogP contribution in [0.4, 0.5) is 5.69 Å². The molecule has 6 nitrogen and oxygen atoms in total. The van der Waals surface area contributed by atoms with E-state index in [0.29, 0.717) is 29.9 Å². The van der Waals surface area contributed by atoms with Crippen molar-refractivity contribution in [2.45, 2.75) is 38.6 Å². The zero-order valence-corrected chi connectivity index (χ0v) is 14.7. The molecule has 3 N–H and O–H groups in total. The molecule has 1 aromatic heterocycles. The first kappa shape index (κ1) is 17.5. The Labute approximate surface area is 148 Å². The van der Waals surface area contributed by atoms with E-state index in [4.69, 9.17) is 10.2 Å². The van der Waals surface area contributed by atoms with Gasteiger partial charge in [0.25, 0.3) is 5.91 Å². The molecule has 25 heavy (non-hydrogen) atoms. The first-order valence-electron chi connectivity index (χ1n) is 8.97. The number of hydrogen-bond donors (Lipinski definition) is 2. The Hall–Kier alpha value is -2.34. The highest BCUT2D eigenvalue weighted by Gasteiger charge is 2.17. The number of aromatic nitrogens is 1. The third-order valence-corrected chi connectivity index (χ3v) is 4.74. The molecular formula is C19H26N4O2. The molecule has 1 fully saturated rings. The summed E-state index contributed by atoms with van der Waals surface area (Å²) in [5.74, 6) is 0.226. The van der Waals surface area contributed by atoms with Gasteiger partial charge in [-0.15, -0.1) is 0 Å². The van der Waals surface area contributed by atoms with Gasteiger partial charge in [-0.05, 0) is 57.0 Å². The number of nitrogens with zero attached hydrogens (tertiary/aromatic N) is 2. The van der Waals surface area contributed by atoms with Crippen LogP contribution in [-0.4, -0.2) is 41.5 Å². The lowest BCUT2D eigenvalue weighted by Crippen LogP contribution is -2.39. The van der Waals surface area contributed by atoms with E-state index in [1.165, 1.54) is 32.1 Å². The van der Waals surface area contributed by atoms with Crippen LogP contribution in [0.2, 0.25) is 0 Å². The van der Waals surface area contributed by atoms with Crippen molar-refractivity contribution in [3.05, 3.63) is 36.2 Å². The summed E-state index contributed by atoms with van der Waals surface area (Å²) in [5.41, 5.74) is 7.45. The topological polar surface area (TPSA) is 84.4 Å². The third kappa shape index (κ3) is 4.60. The van der Waals surface area contributed by atoms with Crippen LogP contribution < -0.4 is 11.1 Å². The molecular weight excluding hydrogens is 316 g/mol. The number of nitrogens with one attached hydrogen (secondary N) is 1. The normalized spacial score (nSPS) is 18.2. The van der Waals surface area contributed by atoms with Crippen LogP contribution in [0, 0.1) is 0 Å². The molecule has 0 spiro atoms. The number of carbonyl (C=O) groups is 1. The number of carbonyl (C=O) groups excluding carboxylic acids is 1. The van der Waals surface area contributed by atoms with E-state index in [2.05, 4.69) is 22.1 Å². The average molecular weight is 342 g/mol. The number of likely N-dealkylation sites (tertiary alicyclic amines) is 1. The standard InChI is InChI=1S/C19H26N4O2/c1-14-5-2-3-11-23(14)12-4-10-21-18(24)17-13-25-19(22-17)15-6-8-16(20)9-7-15/h6-9,13-14H,2-5,10-12,20H2,1H3,(H,21,24). The van der Waals surface area contributed by atoms with Gasteiger partial charge in [-0.3, -0.25) is 4.79 Å². The molecule has 0 bridgehead atoms. The molecule has 0 aliphatic carbocycles. The Morgan fingerprint density at radius 3 is 2.92 bits per heavy atom. The fraction of sp³-hybridized carbons (Fsp3) is 0.474. The number of nitrogen functional groups attached to an aromatic ring is 1. The lowest BCUT2D eigenvalue weighted by atomic mass is 10.0. The highest BCUT2D eigenvalue weighted by Crippen LogP contribution is 2.20. The second-order valence-corrected chi connectivity index (χ2v) is 6.65. The van der Waals surface area contributed by atoms with E-state index in [1.807, 2.05) is 12.1 Å². The lowest BCUT2D eigenvalue weighted by Gasteiger charge is -2.33. The van der Waals surface area contributed by atoms with Crippen LogP contribution >= 0.6 is 0 Å². The van der Waals surface area contributed by atoms with Crippen LogP contribution in [0.5, 0.6) is 0 Å². The van der Waals surface area contributed by atoms with Crippen molar-refractivity contribution in [1.29, 1.82) is 0 Å². The van der Waals surface area contributed by atoms with Crippen LogP contribution in [-0.2, 0) is 0 Å².